The Bertz CT molecular complexity index is 385. The van der Waals surface area contributed by atoms with Gasteiger partial charge in [-0.3, -0.25) is 4.68 Å². The van der Waals surface area contributed by atoms with Gasteiger partial charge in [0.2, 0.25) is 6.17 Å². The molecule has 5 heteroatoms. The van der Waals surface area contributed by atoms with Crippen molar-refractivity contribution >= 4 is 5.97 Å². The maximum atomic E-state index is 13.4. The third-order valence-corrected chi connectivity index (χ3v) is 2.34. The minimum Gasteiger partial charge on any atom is -0.479 e. The first-order chi connectivity index (χ1) is 6.86. The minimum absolute atomic E-state index is 0.0958. The van der Waals surface area contributed by atoms with Crippen LogP contribution in [0.5, 0.6) is 0 Å². The van der Waals surface area contributed by atoms with E-state index in [9.17, 15) is 9.18 Å². The molecule has 84 valence electrons. The Labute approximate surface area is 87.7 Å². The predicted octanol–water partition coefficient (Wildman–Crippen LogP) is 2.18. The van der Waals surface area contributed by atoms with Crippen molar-refractivity contribution in [3.05, 3.63) is 17.0 Å². The number of carbonyl (C=O) groups is 1. The Kier molecular flexibility index (Phi) is 3.12. The molecule has 0 saturated heterocycles. The van der Waals surface area contributed by atoms with E-state index in [4.69, 9.17) is 5.11 Å². The van der Waals surface area contributed by atoms with Gasteiger partial charge in [-0.15, -0.1) is 0 Å². The molecule has 4 nitrogen and oxygen atoms in total. The lowest BCUT2D eigenvalue weighted by molar-refractivity contribution is -0.143. The van der Waals surface area contributed by atoms with Gasteiger partial charge in [0.05, 0.1) is 5.69 Å². The van der Waals surface area contributed by atoms with Crippen molar-refractivity contribution in [3.63, 3.8) is 0 Å². The van der Waals surface area contributed by atoms with E-state index in [1.807, 2.05) is 13.8 Å². The van der Waals surface area contributed by atoms with E-state index < -0.39 is 12.1 Å². The van der Waals surface area contributed by atoms with Crippen molar-refractivity contribution in [1.82, 2.24) is 9.78 Å². The molecule has 0 spiro atoms. The number of aryl methyl sites for hydroxylation is 1. The Balaban J connectivity index is 3.25. The van der Waals surface area contributed by atoms with Crippen LogP contribution in [0.4, 0.5) is 4.39 Å². The van der Waals surface area contributed by atoms with Gasteiger partial charge in [-0.05, 0) is 27.7 Å². The Morgan fingerprint density at radius 2 is 2.00 bits per heavy atom. The summed E-state index contributed by atoms with van der Waals surface area (Å²) < 4.78 is 15.0. The summed E-state index contributed by atoms with van der Waals surface area (Å²) in [4.78, 5) is 10.6. The fourth-order valence-electron chi connectivity index (χ4n) is 1.67. The second-order valence-corrected chi connectivity index (χ2v) is 3.82. The van der Waals surface area contributed by atoms with Crippen LogP contribution in [-0.2, 0) is 4.79 Å². The van der Waals surface area contributed by atoms with Gasteiger partial charge >= 0.3 is 5.97 Å². The Morgan fingerprint density at radius 1 is 1.47 bits per heavy atom. The van der Waals surface area contributed by atoms with Gasteiger partial charge in [-0.25, -0.2) is 9.18 Å². The summed E-state index contributed by atoms with van der Waals surface area (Å²) in [6, 6.07) is 0.0958. The first-order valence-electron chi connectivity index (χ1n) is 4.78. The maximum Gasteiger partial charge on any atom is 0.343 e. The second kappa shape index (κ2) is 4.00. The average molecular weight is 214 g/mol. The third-order valence-electron chi connectivity index (χ3n) is 2.34. The molecule has 1 unspecified atom stereocenters. The van der Waals surface area contributed by atoms with E-state index in [0.717, 1.165) is 0 Å². The number of hydrogen-bond acceptors (Lipinski definition) is 2. The smallest absolute Gasteiger partial charge is 0.343 e. The normalized spacial score (nSPS) is 13.2. The molecule has 0 aliphatic heterocycles. The van der Waals surface area contributed by atoms with Crippen molar-refractivity contribution in [2.45, 2.75) is 39.9 Å². The zero-order valence-corrected chi connectivity index (χ0v) is 9.28. The molecule has 0 aromatic carbocycles. The van der Waals surface area contributed by atoms with E-state index in [-0.39, 0.29) is 11.6 Å². The summed E-state index contributed by atoms with van der Waals surface area (Å²) >= 11 is 0. The van der Waals surface area contributed by atoms with Gasteiger partial charge in [0, 0.05) is 17.3 Å². The number of carboxylic acids is 1. The number of halogens is 1. The van der Waals surface area contributed by atoms with Crippen LogP contribution in [0.25, 0.3) is 0 Å². The quantitative estimate of drug-likeness (QED) is 0.838. The largest absolute Gasteiger partial charge is 0.479 e. The van der Waals surface area contributed by atoms with E-state index in [1.54, 1.807) is 18.5 Å². The molecule has 1 atom stereocenters. The SMILES string of the molecule is Cc1nn(C(C)C)c(C)c1C(F)C(=O)O. The molecule has 1 rings (SSSR count). The molecular weight excluding hydrogens is 199 g/mol. The van der Waals surface area contributed by atoms with Gasteiger partial charge in [0.15, 0.2) is 0 Å². The van der Waals surface area contributed by atoms with Gasteiger partial charge in [0.1, 0.15) is 0 Å². The summed E-state index contributed by atoms with van der Waals surface area (Å²) in [7, 11) is 0. The van der Waals surface area contributed by atoms with Crippen LogP contribution in [0.2, 0.25) is 0 Å². The summed E-state index contributed by atoms with van der Waals surface area (Å²) in [5.74, 6) is -1.47. The molecule has 0 amide bonds. The molecule has 1 heterocycles. The first kappa shape index (κ1) is 11.7. The molecule has 1 aromatic rings. The molecule has 15 heavy (non-hydrogen) atoms. The average Bonchev–Trinajstić information content (AvgIpc) is 2.41. The summed E-state index contributed by atoms with van der Waals surface area (Å²) in [5, 5.41) is 12.7. The molecule has 0 saturated carbocycles. The van der Waals surface area contributed by atoms with Crippen molar-refractivity contribution in [3.8, 4) is 0 Å². The van der Waals surface area contributed by atoms with Gasteiger partial charge in [-0.1, -0.05) is 0 Å². The molecule has 0 aliphatic carbocycles. The zero-order chi connectivity index (χ0) is 11.7. The highest BCUT2D eigenvalue weighted by molar-refractivity contribution is 5.75. The van der Waals surface area contributed by atoms with E-state index in [0.29, 0.717) is 11.4 Å². The molecule has 1 N–H and O–H groups in total. The highest BCUT2D eigenvalue weighted by Crippen LogP contribution is 2.26. The van der Waals surface area contributed by atoms with Crippen molar-refractivity contribution in [2.75, 3.05) is 0 Å². The van der Waals surface area contributed by atoms with E-state index in [2.05, 4.69) is 5.10 Å². The van der Waals surface area contributed by atoms with Crippen molar-refractivity contribution in [1.29, 1.82) is 0 Å². The number of aromatic nitrogens is 2. The summed E-state index contributed by atoms with van der Waals surface area (Å²) in [6.45, 7) is 7.13. The van der Waals surface area contributed by atoms with Gasteiger partial charge in [0.25, 0.3) is 0 Å². The number of aliphatic carboxylic acids is 1. The molecule has 1 aromatic heterocycles. The van der Waals surface area contributed by atoms with Crippen LogP contribution in [0.1, 0.15) is 43.0 Å². The highest BCUT2D eigenvalue weighted by Gasteiger charge is 2.26. The predicted molar refractivity (Wildman–Crippen MR) is 53.6 cm³/mol. The Morgan fingerprint density at radius 3 is 2.33 bits per heavy atom. The van der Waals surface area contributed by atoms with Crippen molar-refractivity contribution < 1.29 is 14.3 Å². The second-order valence-electron chi connectivity index (χ2n) is 3.82. The summed E-state index contributed by atoms with van der Waals surface area (Å²) in [5.41, 5.74) is 1.20. The van der Waals surface area contributed by atoms with Gasteiger partial charge in [-0.2, -0.15) is 5.10 Å². The van der Waals surface area contributed by atoms with Crippen LogP contribution in [0.15, 0.2) is 0 Å². The Hall–Kier alpha value is -1.39. The third kappa shape index (κ3) is 2.00. The lowest BCUT2D eigenvalue weighted by Gasteiger charge is -2.09. The standard InChI is InChI=1S/C10H15FN2O2/c1-5(2)13-7(4)8(6(3)12-13)9(11)10(14)15/h5,9H,1-4H3,(H,14,15). The lowest BCUT2D eigenvalue weighted by Crippen LogP contribution is -2.09. The van der Waals surface area contributed by atoms with E-state index in [1.165, 1.54) is 0 Å². The lowest BCUT2D eigenvalue weighted by atomic mass is 10.1. The highest BCUT2D eigenvalue weighted by atomic mass is 19.1. The molecule has 0 radical (unpaired) electrons. The zero-order valence-electron chi connectivity index (χ0n) is 9.28. The molecule has 0 fully saturated rings. The first-order valence-corrected chi connectivity index (χ1v) is 4.78. The van der Waals surface area contributed by atoms with Crippen LogP contribution in [0, 0.1) is 13.8 Å². The monoisotopic (exact) mass is 214 g/mol. The number of rotatable bonds is 3. The maximum absolute atomic E-state index is 13.4. The fourth-order valence-corrected chi connectivity index (χ4v) is 1.67. The number of nitrogens with zero attached hydrogens (tertiary/aromatic N) is 2. The van der Waals surface area contributed by atoms with Gasteiger partial charge < -0.3 is 5.11 Å². The van der Waals surface area contributed by atoms with Crippen LogP contribution in [-0.4, -0.2) is 20.9 Å². The summed E-state index contributed by atoms with van der Waals surface area (Å²) in [6.07, 6.45) is -1.99. The topological polar surface area (TPSA) is 55.1 Å². The van der Waals surface area contributed by atoms with E-state index >= 15 is 0 Å². The van der Waals surface area contributed by atoms with Crippen LogP contribution < -0.4 is 0 Å². The van der Waals surface area contributed by atoms with Crippen molar-refractivity contribution in [2.24, 2.45) is 0 Å². The molecule has 0 bridgehead atoms. The number of hydrogen-bond donors (Lipinski definition) is 1. The number of alkyl halides is 1. The molecular formula is C10H15FN2O2. The minimum atomic E-state index is -1.99. The number of carboxylic acid groups (broad SMARTS) is 1. The fraction of sp³-hybridized carbons (Fsp3) is 0.600. The van der Waals surface area contributed by atoms with Crippen LogP contribution >= 0.6 is 0 Å². The molecule has 0 aliphatic rings. The van der Waals surface area contributed by atoms with Crippen LogP contribution in [0.3, 0.4) is 0 Å².